The van der Waals surface area contributed by atoms with E-state index in [-0.39, 0.29) is 23.3 Å². The van der Waals surface area contributed by atoms with Crippen molar-refractivity contribution in [1.82, 2.24) is 4.90 Å². The van der Waals surface area contributed by atoms with E-state index in [0.717, 1.165) is 18.9 Å². The van der Waals surface area contributed by atoms with E-state index >= 15 is 0 Å². The first-order valence-corrected chi connectivity index (χ1v) is 6.09. The van der Waals surface area contributed by atoms with Crippen LogP contribution in [0.2, 0.25) is 5.02 Å². The van der Waals surface area contributed by atoms with Crippen LogP contribution in [0.5, 0.6) is 0 Å². The van der Waals surface area contributed by atoms with Crippen LogP contribution in [0, 0.1) is 5.82 Å². The number of rotatable bonds is 4. The first-order chi connectivity index (χ1) is 8.97. The highest BCUT2D eigenvalue weighted by molar-refractivity contribution is 6.33. The Hall–Kier alpha value is -1.82. The molecule has 1 aromatic carbocycles. The Morgan fingerprint density at radius 1 is 1.47 bits per heavy atom. The van der Waals surface area contributed by atoms with Crippen LogP contribution < -0.4 is 5.32 Å². The molecule has 0 heterocycles. The lowest BCUT2D eigenvalue weighted by atomic mass is 10.3. The number of carbonyl (C=O) groups excluding carboxylic acids is 1. The smallest absolute Gasteiger partial charge is 0.323 e. The molecule has 102 valence electrons. The van der Waals surface area contributed by atoms with Gasteiger partial charge in [-0.15, -0.1) is 0 Å². The van der Waals surface area contributed by atoms with Crippen molar-refractivity contribution >= 4 is 29.3 Å². The summed E-state index contributed by atoms with van der Waals surface area (Å²) >= 11 is 5.79. The van der Waals surface area contributed by atoms with Gasteiger partial charge in [0.2, 0.25) is 0 Å². The summed E-state index contributed by atoms with van der Waals surface area (Å²) in [6.45, 7) is -0.366. The highest BCUT2D eigenvalue weighted by atomic mass is 35.5. The minimum atomic E-state index is -1.08. The van der Waals surface area contributed by atoms with Crippen molar-refractivity contribution in [2.24, 2.45) is 0 Å². The third kappa shape index (κ3) is 3.57. The number of amides is 2. The molecule has 0 unspecified atom stereocenters. The van der Waals surface area contributed by atoms with Gasteiger partial charge in [-0.05, 0) is 31.0 Å². The molecule has 0 aromatic heterocycles. The SMILES string of the molecule is O=C(O)CN(C(=O)Nc1ccc(F)cc1Cl)C1CC1. The number of urea groups is 1. The highest BCUT2D eigenvalue weighted by Crippen LogP contribution is 2.28. The second kappa shape index (κ2) is 5.44. The quantitative estimate of drug-likeness (QED) is 0.894. The number of carboxylic acid groups (broad SMARTS) is 1. The Bertz CT molecular complexity index is 520. The van der Waals surface area contributed by atoms with Crippen molar-refractivity contribution in [1.29, 1.82) is 0 Å². The molecule has 0 radical (unpaired) electrons. The van der Waals surface area contributed by atoms with Gasteiger partial charge >= 0.3 is 12.0 Å². The number of aliphatic carboxylic acids is 1. The molecule has 0 aliphatic heterocycles. The van der Waals surface area contributed by atoms with Gasteiger partial charge in [-0.3, -0.25) is 4.79 Å². The maximum Gasteiger partial charge on any atom is 0.323 e. The lowest BCUT2D eigenvalue weighted by Crippen LogP contribution is -2.40. The van der Waals surface area contributed by atoms with E-state index in [1.807, 2.05) is 0 Å². The Morgan fingerprint density at radius 3 is 2.68 bits per heavy atom. The van der Waals surface area contributed by atoms with Crippen LogP contribution >= 0.6 is 11.6 Å². The van der Waals surface area contributed by atoms with E-state index < -0.39 is 17.8 Å². The van der Waals surface area contributed by atoms with Crippen molar-refractivity contribution in [2.75, 3.05) is 11.9 Å². The van der Waals surface area contributed by atoms with E-state index in [1.54, 1.807) is 0 Å². The van der Waals surface area contributed by atoms with Gasteiger partial charge in [0.05, 0.1) is 10.7 Å². The number of hydrogen-bond donors (Lipinski definition) is 2. The summed E-state index contributed by atoms with van der Waals surface area (Å²) < 4.78 is 12.9. The lowest BCUT2D eigenvalue weighted by Gasteiger charge is -2.21. The van der Waals surface area contributed by atoms with E-state index in [1.165, 1.54) is 17.0 Å². The fraction of sp³-hybridized carbons (Fsp3) is 0.333. The average molecular weight is 287 g/mol. The molecule has 1 aliphatic rings. The Kier molecular flexibility index (Phi) is 3.90. The van der Waals surface area contributed by atoms with Gasteiger partial charge in [0, 0.05) is 6.04 Å². The topological polar surface area (TPSA) is 69.6 Å². The fourth-order valence-electron chi connectivity index (χ4n) is 1.68. The van der Waals surface area contributed by atoms with Crippen molar-refractivity contribution in [3.8, 4) is 0 Å². The minimum absolute atomic E-state index is 0.0460. The summed E-state index contributed by atoms with van der Waals surface area (Å²) in [5.41, 5.74) is 0.254. The van der Waals surface area contributed by atoms with Crippen LogP contribution in [-0.4, -0.2) is 34.6 Å². The molecule has 0 saturated heterocycles. The normalized spacial score (nSPS) is 14.0. The predicted molar refractivity (Wildman–Crippen MR) is 67.8 cm³/mol. The number of hydrogen-bond acceptors (Lipinski definition) is 2. The predicted octanol–water partition coefficient (Wildman–Crippen LogP) is 2.56. The molecule has 0 atom stereocenters. The minimum Gasteiger partial charge on any atom is -0.480 e. The zero-order valence-electron chi connectivity index (χ0n) is 9.90. The summed E-state index contributed by atoms with van der Waals surface area (Å²) in [7, 11) is 0. The first-order valence-electron chi connectivity index (χ1n) is 5.72. The van der Waals surface area contributed by atoms with Crippen LogP contribution in [0.1, 0.15) is 12.8 Å². The third-order valence-electron chi connectivity index (χ3n) is 2.73. The molecule has 1 aliphatic carbocycles. The molecular formula is C12H12ClFN2O3. The number of anilines is 1. The van der Waals surface area contributed by atoms with Crippen molar-refractivity contribution < 1.29 is 19.1 Å². The second-order valence-electron chi connectivity index (χ2n) is 4.31. The summed E-state index contributed by atoms with van der Waals surface area (Å²) in [6, 6.07) is 2.99. The average Bonchev–Trinajstić information content (AvgIpc) is 3.13. The highest BCUT2D eigenvalue weighted by Gasteiger charge is 2.34. The van der Waals surface area contributed by atoms with Gasteiger partial charge in [-0.2, -0.15) is 0 Å². The zero-order chi connectivity index (χ0) is 14.0. The Labute approximate surface area is 114 Å². The Morgan fingerprint density at radius 2 is 2.16 bits per heavy atom. The van der Waals surface area contributed by atoms with Crippen molar-refractivity contribution in [3.63, 3.8) is 0 Å². The third-order valence-corrected chi connectivity index (χ3v) is 3.04. The first kappa shape index (κ1) is 13.6. The van der Waals surface area contributed by atoms with E-state index in [0.29, 0.717) is 0 Å². The monoisotopic (exact) mass is 286 g/mol. The van der Waals surface area contributed by atoms with E-state index in [9.17, 15) is 14.0 Å². The van der Waals surface area contributed by atoms with E-state index in [4.69, 9.17) is 16.7 Å². The van der Waals surface area contributed by atoms with Crippen LogP contribution in [0.4, 0.5) is 14.9 Å². The van der Waals surface area contributed by atoms with Gasteiger partial charge in [-0.1, -0.05) is 11.6 Å². The van der Waals surface area contributed by atoms with Crippen LogP contribution in [0.25, 0.3) is 0 Å². The standard InChI is InChI=1S/C12H12ClFN2O3/c13-9-5-7(14)1-4-10(9)15-12(19)16(6-11(17)18)8-2-3-8/h1,4-5,8H,2-3,6H2,(H,15,19)(H,17,18). The van der Waals surface area contributed by atoms with Gasteiger partial charge < -0.3 is 15.3 Å². The van der Waals surface area contributed by atoms with Crippen molar-refractivity contribution in [3.05, 3.63) is 29.0 Å². The number of carboxylic acids is 1. The number of carbonyl (C=O) groups is 2. The van der Waals surface area contributed by atoms with Crippen LogP contribution in [0.3, 0.4) is 0 Å². The zero-order valence-corrected chi connectivity index (χ0v) is 10.7. The second-order valence-corrected chi connectivity index (χ2v) is 4.71. The number of nitrogens with zero attached hydrogens (tertiary/aromatic N) is 1. The fourth-order valence-corrected chi connectivity index (χ4v) is 1.89. The van der Waals surface area contributed by atoms with Crippen LogP contribution in [-0.2, 0) is 4.79 Å². The molecule has 19 heavy (non-hydrogen) atoms. The molecule has 2 amide bonds. The molecule has 5 nitrogen and oxygen atoms in total. The van der Waals surface area contributed by atoms with Gasteiger partial charge in [-0.25, -0.2) is 9.18 Å². The summed E-state index contributed by atoms with van der Waals surface area (Å²) in [6.07, 6.45) is 1.58. The number of nitrogens with one attached hydrogen (secondary N) is 1. The van der Waals surface area contributed by atoms with Gasteiger partial charge in [0.1, 0.15) is 12.4 Å². The molecule has 2 N–H and O–H groups in total. The van der Waals surface area contributed by atoms with Gasteiger partial charge in [0.15, 0.2) is 0 Å². The molecule has 1 saturated carbocycles. The molecule has 7 heteroatoms. The van der Waals surface area contributed by atoms with Crippen molar-refractivity contribution in [2.45, 2.75) is 18.9 Å². The lowest BCUT2D eigenvalue weighted by molar-refractivity contribution is -0.137. The summed E-state index contributed by atoms with van der Waals surface area (Å²) in [5, 5.41) is 11.3. The van der Waals surface area contributed by atoms with E-state index in [2.05, 4.69) is 5.32 Å². The summed E-state index contributed by atoms with van der Waals surface area (Å²) in [5.74, 6) is -1.58. The molecule has 1 fully saturated rings. The molecule has 0 bridgehead atoms. The van der Waals surface area contributed by atoms with Gasteiger partial charge in [0.25, 0.3) is 0 Å². The maximum atomic E-state index is 12.9. The largest absolute Gasteiger partial charge is 0.480 e. The number of benzene rings is 1. The Balaban J connectivity index is 2.07. The number of halogens is 2. The molecule has 2 rings (SSSR count). The van der Waals surface area contributed by atoms with Crippen LogP contribution in [0.15, 0.2) is 18.2 Å². The summed E-state index contributed by atoms with van der Waals surface area (Å²) in [4.78, 5) is 23.9. The maximum absolute atomic E-state index is 12.9. The molecule has 1 aromatic rings. The molecule has 0 spiro atoms. The molecular weight excluding hydrogens is 275 g/mol.